The molecule has 2 aliphatic heterocycles. The molecule has 2 aliphatic rings. The summed E-state index contributed by atoms with van der Waals surface area (Å²) in [6.07, 6.45) is 6.31. The van der Waals surface area contributed by atoms with Gasteiger partial charge in [-0.15, -0.1) is 0 Å². The fraction of sp³-hybridized carbons (Fsp3) is 0.522. The number of carbonyl (C=O) groups is 4. The molecule has 2 saturated heterocycles. The second-order valence-corrected chi connectivity index (χ2v) is 14.2. The molecule has 2 fully saturated rings. The molecule has 2 heterocycles. The van der Waals surface area contributed by atoms with E-state index in [0.717, 1.165) is 67.4 Å². The minimum Gasteiger partial charge on any atom is -0.496 e. The standard InChI is InChI=1S/C17H25NO7.C16H23NO5.C11H12O6.C2H6.2H2O/c1-18(25-17-6-4-5-7-23-17)10-13-14(21-2)8-12(9-15(13)22-3)24-11-16(19)20;1-11-7-13(21-10-15(18)19)8-12(2)14(11)9-17-22-16-5-3-4-6-20-16;1-15-9-3-7(17-6-11(13)14)4-10(16-2)8(9)5-12;1-2;;/h8-9,17H,4-7,10-11H2,1-3H3,(H,19,20);7-8,16-17H,3-6,9-10H2,1-2H3,(H,18,19);3-5H,6H2,1-2H3,(H,13,14);1-2H3;2*1H2. The van der Waals surface area contributed by atoms with Crippen LogP contribution in [0.4, 0.5) is 0 Å². The van der Waals surface area contributed by atoms with Gasteiger partial charge in [-0.1, -0.05) is 13.8 Å². The van der Waals surface area contributed by atoms with Crippen LogP contribution in [0.5, 0.6) is 40.2 Å². The third-order valence-electron chi connectivity index (χ3n) is 9.39. The Balaban J connectivity index is 0.000000974. The molecule has 5 rings (SSSR count). The monoisotopic (exact) mass is 970 g/mol. The average Bonchev–Trinajstić information content (AvgIpc) is 3.31. The van der Waals surface area contributed by atoms with E-state index in [1.807, 2.05) is 46.9 Å². The SMILES string of the molecule is CC.COc1cc(OCC(=O)O)cc(OC)c1C=O.COc1cc(OCC(=O)O)cc(OC)c1CN(C)OC1CCCCO1.Cc1cc(OCC(=O)O)cc(C)c1CNOC1CCCCO1.O.O. The third-order valence-corrected chi connectivity index (χ3v) is 9.39. The van der Waals surface area contributed by atoms with E-state index in [4.69, 9.17) is 67.6 Å². The lowest BCUT2D eigenvalue weighted by atomic mass is 10.0. The summed E-state index contributed by atoms with van der Waals surface area (Å²) in [5, 5.41) is 27.5. The first-order chi connectivity index (χ1) is 31.7. The van der Waals surface area contributed by atoms with Gasteiger partial charge in [-0.2, -0.15) is 10.5 Å². The first-order valence-electron chi connectivity index (χ1n) is 21.3. The van der Waals surface area contributed by atoms with Crippen LogP contribution in [0.25, 0.3) is 0 Å². The number of aliphatic carboxylic acids is 3. The van der Waals surface area contributed by atoms with Gasteiger partial charge in [0.05, 0.1) is 46.1 Å². The van der Waals surface area contributed by atoms with E-state index in [9.17, 15) is 19.2 Å². The molecule has 2 unspecified atom stereocenters. The second kappa shape index (κ2) is 34.3. The summed E-state index contributed by atoms with van der Waals surface area (Å²) in [6, 6.07) is 9.79. The van der Waals surface area contributed by atoms with Crippen molar-refractivity contribution in [3.8, 4) is 40.2 Å². The molecule has 0 radical (unpaired) electrons. The molecule has 22 heteroatoms. The molecule has 3 aromatic carbocycles. The summed E-state index contributed by atoms with van der Waals surface area (Å²) < 4.78 is 47.2. The van der Waals surface area contributed by atoms with Gasteiger partial charge in [0.25, 0.3) is 0 Å². The Morgan fingerprint density at radius 2 is 1.04 bits per heavy atom. The first kappa shape index (κ1) is 62.0. The Morgan fingerprint density at radius 1 is 0.647 bits per heavy atom. The molecule has 3 aromatic rings. The highest BCUT2D eigenvalue weighted by Crippen LogP contribution is 2.36. The fourth-order valence-electron chi connectivity index (χ4n) is 6.33. The largest absolute Gasteiger partial charge is 0.496 e. The maximum atomic E-state index is 10.8. The van der Waals surface area contributed by atoms with Gasteiger partial charge in [0.1, 0.15) is 40.2 Å². The van der Waals surface area contributed by atoms with Crippen LogP contribution in [0.3, 0.4) is 0 Å². The number of nitrogens with one attached hydrogen (secondary N) is 1. The fourth-order valence-corrected chi connectivity index (χ4v) is 6.33. The number of ether oxygens (including phenoxy) is 9. The number of aldehydes is 1. The van der Waals surface area contributed by atoms with Crippen molar-refractivity contribution in [2.24, 2.45) is 0 Å². The van der Waals surface area contributed by atoms with Gasteiger partial charge < -0.3 is 68.9 Å². The maximum absolute atomic E-state index is 10.8. The average molecular weight is 971 g/mol. The molecule has 0 aliphatic carbocycles. The number of hydrogen-bond donors (Lipinski definition) is 4. The van der Waals surface area contributed by atoms with Crippen LogP contribution in [0.1, 0.15) is 85.0 Å². The lowest BCUT2D eigenvalue weighted by Gasteiger charge is -2.28. The van der Waals surface area contributed by atoms with E-state index in [1.165, 1.54) is 40.6 Å². The molecular weight excluding hydrogens is 900 g/mol. The Labute approximate surface area is 396 Å². The van der Waals surface area contributed by atoms with Gasteiger partial charge >= 0.3 is 17.9 Å². The van der Waals surface area contributed by atoms with Crippen molar-refractivity contribution in [3.05, 3.63) is 64.2 Å². The van der Waals surface area contributed by atoms with Crippen LogP contribution in [0.15, 0.2) is 36.4 Å². The van der Waals surface area contributed by atoms with Crippen molar-refractivity contribution in [2.75, 3.05) is 68.5 Å². The lowest BCUT2D eigenvalue weighted by molar-refractivity contribution is -0.284. The molecular formula is C46H70N2O20. The minimum atomic E-state index is -1.10. The molecule has 8 N–H and O–H groups in total. The summed E-state index contributed by atoms with van der Waals surface area (Å²) in [7, 11) is 7.66. The van der Waals surface area contributed by atoms with Crippen LogP contribution in [0.2, 0.25) is 0 Å². The summed E-state index contributed by atoms with van der Waals surface area (Å²) in [6.45, 7) is 9.12. The molecule has 0 aromatic heterocycles. The molecule has 384 valence electrons. The van der Waals surface area contributed by atoms with Gasteiger partial charge in [0.2, 0.25) is 0 Å². The zero-order valence-corrected chi connectivity index (χ0v) is 40.3. The smallest absolute Gasteiger partial charge is 0.341 e. The highest BCUT2D eigenvalue weighted by molar-refractivity contribution is 5.84. The first-order valence-corrected chi connectivity index (χ1v) is 21.3. The van der Waals surface area contributed by atoms with E-state index in [0.29, 0.717) is 49.0 Å². The summed E-state index contributed by atoms with van der Waals surface area (Å²) in [4.78, 5) is 53.7. The number of methoxy groups -OCH3 is 4. The van der Waals surface area contributed by atoms with E-state index in [2.05, 4.69) is 5.48 Å². The second-order valence-electron chi connectivity index (χ2n) is 14.2. The Hall–Kier alpha value is -5.98. The van der Waals surface area contributed by atoms with Crippen LogP contribution >= 0.6 is 0 Å². The van der Waals surface area contributed by atoms with Crippen LogP contribution in [-0.2, 0) is 46.6 Å². The zero-order valence-electron chi connectivity index (χ0n) is 40.3. The van der Waals surface area contributed by atoms with Gasteiger partial charge in [0.15, 0.2) is 38.7 Å². The van der Waals surface area contributed by atoms with Crippen LogP contribution < -0.4 is 38.6 Å². The molecule has 22 nitrogen and oxygen atoms in total. The van der Waals surface area contributed by atoms with Crippen molar-refractivity contribution in [1.29, 1.82) is 0 Å². The van der Waals surface area contributed by atoms with Gasteiger partial charge in [-0.3, -0.25) is 14.5 Å². The number of carboxylic acid groups (broad SMARTS) is 3. The number of rotatable bonds is 22. The van der Waals surface area contributed by atoms with Crippen molar-refractivity contribution in [3.63, 3.8) is 0 Å². The van der Waals surface area contributed by atoms with Crippen LogP contribution in [0, 0.1) is 13.8 Å². The van der Waals surface area contributed by atoms with E-state index in [1.54, 1.807) is 17.2 Å². The van der Waals surface area contributed by atoms with Gasteiger partial charge in [-0.05, 0) is 68.4 Å². The summed E-state index contributed by atoms with van der Waals surface area (Å²) in [5.74, 6) is -0.366. The predicted octanol–water partition coefficient (Wildman–Crippen LogP) is 4.73. The predicted molar refractivity (Wildman–Crippen MR) is 246 cm³/mol. The number of hydroxylamine groups is 3. The molecule has 0 saturated carbocycles. The minimum absolute atomic E-state index is 0. The molecule has 0 bridgehead atoms. The van der Waals surface area contributed by atoms with Gasteiger partial charge in [0, 0.05) is 63.9 Å². The Bertz CT molecular complexity index is 1880. The molecule has 2 atom stereocenters. The van der Waals surface area contributed by atoms with Crippen molar-refractivity contribution in [1.82, 2.24) is 10.5 Å². The van der Waals surface area contributed by atoms with Crippen molar-refractivity contribution < 1.29 is 97.8 Å². The lowest BCUT2D eigenvalue weighted by Crippen LogP contribution is -2.30. The van der Waals surface area contributed by atoms with Crippen molar-refractivity contribution in [2.45, 2.75) is 91.9 Å². The number of aryl methyl sites for hydroxylation is 2. The molecule has 68 heavy (non-hydrogen) atoms. The van der Waals surface area contributed by atoms with Crippen molar-refractivity contribution >= 4 is 24.2 Å². The summed E-state index contributed by atoms with van der Waals surface area (Å²) in [5.41, 5.74) is 7.15. The Morgan fingerprint density at radius 3 is 1.41 bits per heavy atom. The molecule has 0 spiro atoms. The van der Waals surface area contributed by atoms with E-state index < -0.39 is 31.1 Å². The number of nitrogens with zero attached hydrogens (tertiary/aromatic N) is 1. The normalized spacial score (nSPS) is 14.7. The quantitative estimate of drug-likeness (QED) is 0.0781. The Kier molecular flexibility index (Phi) is 31.3. The van der Waals surface area contributed by atoms with E-state index >= 15 is 0 Å². The number of benzene rings is 3. The van der Waals surface area contributed by atoms with Gasteiger partial charge in [-0.25, -0.2) is 14.4 Å². The third kappa shape index (κ3) is 22.2. The maximum Gasteiger partial charge on any atom is 0.341 e. The number of hydrogen-bond acceptors (Lipinski definition) is 17. The molecule has 0 amide bonds. The van der Waals surface area contributed by atoms with Crippen LogP contribution in [-0.4, -0.2) is 137 Å². The van der Waals surface area contributed by atoms with E-state index in [-0.39, 0.29) is 53.0 Å². The number of carboxylic acids is 3. The number of carbonyl (C=O) groups excluding carboxylic acids is 1. The highest BCUT2D eigenvalue weighted by atomic mass is 16.8. The highest BCUT2D eigenvalue weighted by Gasteiger charge is 2.21. The topological polar surface area (TPSA) is 309 Å². The summed E-state index contributed by atoms with van der Waals surface area (Å²) >= 11 is 0. The zero-order chi connectivity index (χ0) is 49.0.